The highest BCUT2D eigenvalue weighted by Gasteiger charge is 2.02. The fraction of sp³-hybridized carbons (Fsp3) is 0.214. The number of aromatic hydroxyl groups is 1. The number of halogens is 1. The van der Waals surface area contributed by atoms with Crippen molar-refractivity contribution in [2.45, 2.75) is 20.0 Å². The molecular weight excluding hydrogens is 231 g/mol. The number of hydrogen-bond donors (Lipinski definition) is 2. The highest BCUT2D eigenvalue weighted by atomic mass is 19.1. The van der Waals surface area contributed by atoms with Crippen LogP contribution in [-0.2, 0) is 13.1 Å². The van der Waals surface area contributed by atoms with Gasteiger partial charge in [0, 0.05) is 25.5 Å². The molecule has 0 aliphatic carbocycles. The quantitative estimate of drug-likeness (QED) is 0.871. The zero-order valence-corrected chi connectivity index (χ0v) is 10.2. The topological polar surface area (TPSA) is 45.2 Å². The van der Waals surface area contributed by atoms with Crippen LogP contribution in [0.4, 0.5) is 4.39 Å². The lowest BCUT2D eigenvalue weighted by molar-refractivity contribution is 0.431. The molecule has 3 nitrogen and oxygen atoms in total. The third kappa shape index (κ3) is 3.05. The average molecular weight is 246 g/mol. The fourth-order valence-corrected chi connectivity index (χ4v) is 1.70. The van der Waals surface area contributed by atoms with Crippen molar-refractivity contribution >= 4 is 0 Å². The summed E-state index contributed by atoms with van der Waals surface area (Å²) >= 11 is 0. The van der Waals surface area contributed by atoms with Crippen molar-refractivity contribution in [3.8, 4) is 5.75 Å². The lowest BCUT2D eigenvalue weighted by atomic mass is 10.1. The van der Waals surface area contributed by atoms with Crippen LogP contribution in [0.15, 0.2) is 36.7 Å². The van der Waals surface area contributed by atoms with Crippen LogP contribution >= 0.6 is 0 Å². The molecule has 0 spiro atoms. The van der Waals surface area contributed by atoms with E-state index >= 15 is 0 Å². The van der Waals surface area contributed by atoms with Crippen molar-refractivity contribution in [2.75, 3.05) is 0 Å². The molecule has 0 unspecified atom stereocenters. The first-order valence-electron chi connectivity index (χ1n) is 5.74. The van der Waals surface area contributed by atoms with E-state index in [0.717, 1.165) is 11.1 Å². The Labute approximate surface area is 105 Å². The van der Waals surface area contributed by atoms with Crippen LogP contribution in [-0.4, -0.2) is 10.1 Å². The molecule has 4 heteroatoms. The molecule has 0 aliphatic heterocycles. The van der Waals surface area contributed by atoms with Gasteiger partial charge in [-0.1, -0.05) is 6.07 Å². The van der Waals surface area contributed by atoms with Crippen molar-refractivity contribution in [2.24, 2.45) is 0 Å². The smallest absolute Gasteiger partial charge is 0.165 e. The normalized spacial score (nSPS) is 10.6. The lowest BCUT2D eigenvalue weighted by Gasteiger charge is -2.07. The van der Waals surface area contributed by atoms with Crippen LogP contribution < -0.4 is 5.32 Å². The number of phenols is 1. The molecule has 0 fully saturated rings. The number of aromatic nitrogens is 1. The van der Waals surface area contributed by atoms with Gasteiger partial charge in [-0.2, -0.15) is 0 Å². The molecular formula is C14H15FN2O. The molecule has 0 amide bonds. The minimum atomic E-state index is -0.589. The molecule has 0 bridgehead atoms. The number of pyridine rings is 1. The Kier molecular flexibility index (Phi) is 3.89. The Bertz CT molecular complexity index is 543. The van der Waals surface area contributed by atoms with Gasteiger partial charge in [-0.3, -0.25) is 4.98 Å². The number of rotatable bonds is 4. The minimum absolute atomic E-state index is 0.316. The number of hydrogen-bond acceptors (Lipinski definition) is 3. The van der Waals surface area contributed by atoms with Crippen molar-refractivity contribution < 1.29 is 9.50 Å². The van der Waals surface area contributed by atoms with Gasteiger partial charge in [0.25, 0.3) is 0 Å². The zero-order chi connectivity index (χ0) is 13.0. The maximum atomic E-state index is 13.1. The molecule has 1 aromatic heterocycles. The summed E-state index contributed by atoms with van der Waals surface area (Å²) in [5.41, 5.74) is 3.10. The van der Waals surface area contributed by atoms with Crippen LogP contribution in [0.2, 0.25) is 0 Å². The summed E-state index contributed by atoms with van der Waals surface area (Å²) in [6.45, 7) is 3.26. The second kappa shape index (κ2) is 5.60. The molecule has 1 heterocycles. The summed E-state index contributed by atoms with van der Waals surface area (Å²) in [5, 5.41) is 12.3. The Hall–Kier alpha value is -1.94. The summed E-state index contributed by atoms with van der Waals surface area (Å²) in [4.78, 5) is 4.03. The predicted octanol–water partition coefficient (Wildman–Crippen LogP) is 2.52. The summed E-state index contributed by atoms with van der Waals surface area (Å²) in [6, 6.07) is 6.36. The number of nitrogens with zero attached hydrogens (tertiary/aromatic N) is 1. The fourth-order valence-electron chi connectivity index (χ4n) is 1.70. The maximum Gasteiger partial charge on any atom is 0.165 e. The zero-order valence-electron chi connectivity index (χ0n) is 10.2. The summed E-state index contributed by atoms with van der Waals surface area (Å²) in [5.74, 6) is -0.905. The Morgan fingerprint density at radius 3 is 2.83 bits per heavy atom. The minimum Gasteiger partial charge on any atom is -0.505 e. The van der Waals surface area contributed by atoms with Crippen molar-refractivity contribution in [1.29, 1.82) is 0 Å². The van der Waals surface area contributed by atoms with Crippen molar-refractivity contribution in [3.63, 3.8) is 0 Å². The molecule has 0 radical (unpaired) electrons. The second-order valence-electron chi connectivity index (χ2n) is 4.19. The molecule has 2 N–H and O–H groups in total. The molecule has 0 aliphatic rings. The largest absolute Gasteiger partial charge is 0.505 e. The van der Waals surface area contributed by atoms with Gasteiger partial charge in [0.15, 0.2) is 11.6 Å². The van der Waals surface area contributed by atoms with Crippen LogP contribution in [0.3, 0.4) is 0 Å². The first kappa shape index (κ1) is 12.5. The lowest BCUT2D eigenvalue weighted by Crippen LogP contribution is -2.13. The van der Waals surface area contributed by atoms with Gasteiger partial charge in [-0.15, -0.1) is 0 Å². The molecule has 94 valence electrons. The first-order chi connectivity index (χ1) is 8.66. The Balaban J connectivity index is 1.92. The second-order valence-corrected chi connectivity index (χ2v) is 4.19. The SMILES string of the molecule is Cc1cnccc1CNCc1ccc(O)c(F)c1. The van der Waals surface area contributed by atoms with Crippen LogP contribution in [0, 0.1) is 12.7 Å². The predicted molar refractivity (Wildman–Crippen MR) is 67.6 cm³/mol. The first-order valence-corrected chi connectivity index (χ1v) is 5.74. The number of aryl methyl sites for hydroxylation is 1. The standard InChI is InChI=1S/C14H15FN2O/c1-10-7-16-5-4-12(10)9-17-8-11-2-3-14(18)13(15)6-11/h2-7,17-18H,8-9H2,1H3. The van der Waals surface area contributed by atoms with E-state index in [4.69, 9.17) is 5.11 Å². The average Bonchev–Trinajstić information content (AvgIpc) is 2.36. The highest BCUT2D eigenvalue weighted by molar-refractivity contribution is 5.28. The molecule has 2 rings (SSSR count). The van der Waals surface area contributed by atoms with Gasteiger partial charge in [0.2, 0.25) is 0 Å². The third-order valence-electron chi connectivity index (χ3n) is 2.79. The molecule has 0 saturated carbocycles. The maximum absolute atomic E-state index is 13.1. The molecule has 0 saturated heterocycles. The van der Waals surface area contributed by atoms with E-state index in [0.29, 0.717) is 13.1 Å². The van der Waals surface area contributed by atoms with Gasteiger partial charge in [0.05, 0.1) is 0 Å². The molecule has 1 aromatic carbocycles. The van der Waals surface area contributed by atoms with E-state index in [1.165, 1.54) is 17.7 Å². The summed E-state index contributed by atoms with van der Waals surface area (Å²) in [6.07, 6.45) is 3.57. The van der Waals surface area contributed by atoms with Gasteiger partial charge >= 0.3 is 0 Å². The third-order valence-corrected chi connectivity index (χ3v) is 2.79. The van der Waals surface area contributed by atoms with Crippen LogP contribution in [0.25, 0.3) is 0 Å². The molecule has 2 aromatic rings. The van der Waals surface area contributed by atoms with Gasteiger partial charge < -0.3 is 10.4 Å². The Morgan fingerprint density at radius 2 is 2.11 bits per heavy atom. The van der Waals surface area contributed by atoms with E-state index < -0.39 is 5.82 Å². The van der Waals surface area contributed by atoms with Crippen LogP contribution in [0.5, 0.6) is 5.75 Å². The highest BCUT2D eigenvalue weighted by Crippen LogP contribution is 2.16. The van der Waals surface area contributed by atoms with E-state index in [-0.39, 0.29) is 5.75 Å². The number of phenolic OH excluding ortho intramolecular Hbond substituents is 1. The van der Waals surface area contributed by atoms with Gasteiger partial charge in [-0.25, -0.2) is 4.39 Å². The molecule has 0 atom stereocenters. The van der Waals surface area contributed by atoms with Crippen molar-refractivity contribution in [1.82, 2.24) is 10.3 Å². The van der Waals surface area contributed by atoms with E-state index in [2.05, 4.69) is 10.3 Å². The monoisotopic (exact) mass is 246 g/mol. The summed E-state index contributed by atoms with van der Waals surface area (Å²) < 4.78 is 13.1. The van der Waals surface area contributed by atoms with E-state index in [1.807, 2.05) is 19.2 Å². The number of benzene rings is 1. The number of nitrogens with one attached hydrogen (secondary N) is 1. The van der Waals surface area contributed by atoms with Crippen LogP contribution in [0.1, 0.15) is 16.7 Å². The van der Waals surface area contributed by atoms with Crippen molar-refractivity contribution in [3.05, 3.63) is 59.2 Å². The molecule has 18 heavy (non-hydrogen) atoms. The van der Waals surface area contributed by atoms with E-state index in [9.17, 15) is 4.39 Å². The van der Waals surface area contributed by atoms with Gasteiger partial charge in [0.1, 0.15) is 0 Å². The summed E-state index contributed by atoms with van der Waals surface area (Å²) in [7, 11) is 0. The Morgan fingerprint density at radius 1 is 1.28 bits per heavy atom. The van der Waals surface area contributed by atoms with Gasteiger partial charge in [-0.05, 0) is 41.8 Å². The van der Waals surface area contributed by atoms with E-state index in [1.54, 1.807) is 12.3 Å².